The highest BCUT2D eigenvalue weighted by molar-refractivity contribution is 6.32. The van der Waals surface area contributed by atoms with Crippen molar-refractivity contribution < 1.29 is 14.3 Å². The van der Waals surface area contributed by atoms with Crippen molar-refractivity contribution in [3.63, 3.8) is 0 Å². The van der Waals surface area contributed by atoms with E-state index in [0.717, 1.165) is 50.2 Å². The maximum absolute atomic E-state index is 12.7. The SMILES string of the molecule is COc1cc(/C=C/C(=O)N(C)C2CCN(CCc3ccccn3)CC2)cc(Cl)c1OC. The number of amides is 1. The zero-order chi connectivity index (χ0) is 22.2. The molecule has 1 fully saturated rings. The number of benzene rings is 1. The van der Waals surface area contributed by atoms with Crippen LogP contribution in [0.25, 0.3) is 6.08 Å². The van der Waals surface area contributed by atoms with Crippen LogP contribution in [-0.4, -0.2) is 67.6 Å². The normalized spacial score (nSPS) is 15.2. The van der Waals surface area contributed by atoms with Gasteiger partial charge in [-0.15, -0.1) is 0 Å². The predicted molar refractivity (Wildman–Crippen MR) is 124 cm³/mol. The second-order valence-electron chi connectivity index (χ2n) is 7.66. The summed E-state index contributed by atoms with van der Waals surface area (Å²) in [4.78, 5) is 21.4. The van der Waals surface area contributed by atoms with E-state index in [9.17, 15) is 4.79 Å². The second kappa shape index (κ2) is 11.2. The van der Waals surface area contributed by atoms with Gasteiger partial charge in [-0.1, -0.05) is 17.7 Å². The highest BCUT2D eigenvalue weighted by Gasteiger charge is 2.24. The first-order chi connectivity index (χ1) is 15.0. The Balaban J connectivity index is 1.51. The number of pyridine rings is 1. The number of methoxy groups -OCH3 is 2. The highest BCUT2D eigenvalue weighted by Crippen LogP contribution is 2.36. The Morgan fingerprint density at radius 1 is 1.26 bits per heavy atom. The van der Waals surface area contributed by atoms with Gasteiger partial charge in [-0.25, -0.2) is 0 Å². The molecule has 1 saturated heterocycles. The smallest absolute Gasteiger partial charge is 0.246 e. The van der Waals surface area contributed by atoms with Crippen LogP contribution in [0.1, 0.15) is 24.1 Å². The third-order valence-electron chi connectivity index (χ3n) is 5.74. The summed E-state index contributed by atoms with van der Waals surface area (Å²) in [5.41, 5.74) is 1.91. The number of likely N-dealkylation sites (N-methyl/N-ethyl adjacent to an activating group) is 1. The minimum absolute atomic E-state index is 0.0159. The van der Waals surface area contributed by atoms with Gasteiger partial charge in [0.25, 0.3) is 0 Å². The molecular formula is C24H30ClN3O3. The van der Waals surface area contributed by atoms with Crippen molar-refractivity contribution in [1.29, 1.82) is 0 Å². The number of halogens is 1. The monoisotopic (exact) mass is 443 g/mol. The van der Waals surface area contributed by atoms with Crippen LogP contribution in [0.5, 0.6) is 11.5 Å². The number of hydrogen-bond acceptors (Lipinski definition) is 5. The van der Waals surface area contributed by atoms with Crippen LogP contribution in [0.3, 0.4) is 0 Å². The summed E-state index contributed by atoms with van der Waals surface area (Å²) in [7, 11) is 4.98. The maximum Gasteiger partial charge on any atom is 0.246 e. The fourth-order valence-corrected chi connectivity index (χ4v) is 4.14. The molecular weight excluding hydrogens is 414 g/mol. The van der Waals surface area contributed by atoms with Gasteiger partial charge in [-0.2, -0.15) is 0 Å². The van der Waals surface area contributed by atoms with E-state index < -0.39 is 0 Å². The molecule has 2 aromatic rings. The van der Waals surface area contributed by atoms with Crippen molar-refractivity contribution in [3.05, 3.63) is 58.9 Å². The summed E-state index contributed by atoms with van der Waals surface area (Å²) in [5, 5.41) is 0.445. The Kier molecular flexibility index (Phi) is 8.32. The zero-order valence-electron chi connectivity index (χ0n) is 18.4. The Morgan fingerprint density at radius 3 is 2.68 bits per heavy atom. The summed E-state index contributed by atoms with van der Waals surface area (Å²) in [5.74, 6) is 1.01. The summed E-state index contributed by atoms with van der Waals surface area (Å²) < 4.78 is 10.6. The fraction of sp³-hybridized carbons (Fsp3) is 0.417. The second-order valence-corrected chi connectivity index (χ2v) is 8.07. The molecule has 0 unspecified atom stereocenters. The molecule has 1 aliphatic rings. The molecule has 0 bridgehead atoms. The molecule has 6 nitrogen and oxygen atoms in total. The fourth-order valence-electron chi connectivity index (χ4n) is 3.85. The summed E-state index contributed by atoms with van der Waals surface area (Å²) >= 11 is 6.25. The Bertz CT molecular complexity index is 896. The average molecular weight is 444 g/mol. The highest BCUT2D eigenvalue weighted by atomic mass is 35.5. The van der Waals surface area contributed by atoms with E-state index >= 15 is 0 Å². The van der Waals surface area contributed by atoms with Crippen molar-refractivity contribution in [2.24, 2.45) is 0 Å². The third-order valence-corrected chi connectivity index (χ3v) is 6.02. The number of rotatable bonds is 8. The van der Waals surface area contributed by atoms with Crippen molar-refractivity contribution in [2.45, 2.75) is 25.3 Å². The number of carbonyl (C=O) groups is 1. The molecule has 0 atom stereocenters. The van der Waals surface area contributed by atoms with Gasteiger partial charge < -0.3 is 19.3 Å². The average Bonchev–Trinajstić information content (AvgIpc) is 2.81. The number of nitrogens with zero attached hydrogens (tertiary/aromatic N) is 3. The van der Waals surface area contributed by atoms with Gasteiger partial charge in [0.1, 0.15) is 0 Å². The number of likely N-dealkylation sites (tertiary alicyclic amines) is 1. The Morgan fingerprint density at radius 2 is 2.03 bits per heavy atom. The molecule has 0 radical (unpaired) electrons. The van der Waals surface area contributed by atoms with Crippen LogP contribution in [0.2, 0.25) is 5.02 Å². The molecule has 0 spiro atoms. The van der Waals surface area contributed by atoms with E-state index in [1.165, 1.54) is 0 Å². The molecule has 2 heterocycles. The van der Waals surface area contributed by atoms with E-state index in [1.54, 1.807) is 38.5 Å². The molecule has 1 aromatic carbocycles. The molecule has 31 heavy (non-hydrogen) atoms. The third kappa shape index (κ3) is 6.21. The van der Waals surface area contributed by atoms with Crippen LogP contribution in [0.15, 0.2) is 42.6 Å². The van der Waals surface area contributed by atoms with Gasteiger partial charge in [0.05, 0.1) is 19.2 Å². The number of hydrogen-bond donors (Lipinski definition) is 0. The van der Waals surface area contributed by atoms with E-state index in [2.05, 4.69) is 16.0 Å². The molecule has 1 aromatic heterocycles. The first-order valence-corrected chi connectivity index (χ1v) is 10.9. The van der Waals surface area contributed by atoms with Crippen LogP contribution >= 0.6 is 11.6 Å². The van der Waals surface area contributed by atoms with Gasteiger partial charge in [0.15, 0.2) is 11.5 Å². The van der Waals surface area contributed by atoms with Crippen molar-refractivity contribution in [1.82, 2.24) is 14.8 Å². The number of aromatic nitrogens is 1. The Labute approximate surface area is 189 Å². The maximum atomic E-state index is 12.7. The van der Waals surface area contributed by atoms with E-state index in [0.29, 0.717) is 16.5 Å². The van der Waals surface area contributed by atoms with Crippen molar-refractivity contribution in [3.8, 4) is 11.5 Å². The lowest BCUT2D eigenvalue weighted by molar-refractivity contribution is -0.127. The quantitative estimate of drug-likeness (QED) is 0.578. The summed E-state index contributed by atoms with van der Waals surface area (Å²) in [6, 6.07) is 9.84. The summed E-state index contributed by atoms with van der Waals surface area (Å²) in [6.07, 6.45) is 8.09. The van der Waals surface area contributed by atoms with E-state index in [-0.39, 0.29) is 11.9 Å². The van der Waals surface area contributed by atoms with Crippen molar-refractivity contribution >= 4 is 23.6 Å². The lowest BCUT2D eigenvalue weighted by Gasteiger charge is -2.36. The van der Waals surface area contributed by atoms with Gasteiger partial charge in [0.2, 0.25) is 5.91 Å². The molecule has 0 aliphatic carbocycles. The minimum atomic E-state index is -0.0159. The van der Waals surface area contributed by atoms with Crippen LogP contribution in [0, 0.1) is 0 Å². The molecule has 0 N–H and O–H groups in total. The van der Waals surface area contributed by atoms with Gasteiger partial charge in [-0.3, -0.25) is 9.78 Å². The Hall–Kier alpha value is -2.57. The molecule has 3 rings (SSSR count). The summed E-state index contributed by atoms with van der Waals surface area (Å²) in [6.45, 7) is 2.98. The van der Waals surface area contributed by atoms with Crippen LogP contribution < -0.4 is 9.47 Å². The van der Waals surface area contributed by atoms with Crippen LogP contribution in [0.4, 0.5) is 0 Å². The van der Waals surface area contributed by atoms with E-state index in [4.69, 9.17) is 21.1 Å². The van der Waals surface area contributed by atoms with Crippen LogP contribution in [-0.2, 0) is 11.2 Å². The minimum Gasteiger partial charge on any atom is -0.493 e. The predicted octanol–water partition coefficient (Wildman–Crippen LogP) is 3.93. The number of carbonyl (C=O) groups excluding carboxylic acids is 1. The first-order valence-electron chi connectivity index (χ1n) is 10.5. The molecule has 0 saturated carbocycles. The largest absolute Gasteiger partial charge is 0.493 e. The topological polar surface area (TPSA) is 54.9 Å². The molecule has 7 heteroatoms. The number of ether oxygens (including phenoxy) is 2. The lowest BCUT2D eigenvalue weighted by atomic mass is 10.0. The standard InChI is InChI=1S/C24H30ClN3O3/c1-27(20-10-14-28(15-11-20)13-9-19-6-4-5-12-26-19)23(29)8-7-18-16-21(25)24(31-3)22(17-18)30-2/h4-8,12,16-17,20H,9-11,13-15H2,1-3H3/b8-7+. The van der Waals surface area contributed by atoms with Gasteiger partial charge >= 0.3 is 0 Å². The zero-order valence-corrected chi connectivity index (χ0v) is 19.1. The number of piperidine rings is 1. The molecule has 1 aliphatic heterocycles. The van der Waals surface area contributed by atoms with Gasteiger partial charge in [0, 0.05) is 57.1 Å². The van der Waals surface area contributed by atoms with Crippen molar-refractivity contribution in [2.75, 3.05) is 40.9 Å². The molecule has 1 amide bonds. The van der Waals surface area contributed by atoms with Gasteiger partial charge in [-0.05, 0) is 48.7 Å². The molecule has 166 valence electrons. The first kappa shape index (κ1) is 23.1. The van der Waals surface area contributed by atoms with E-state index in [1.807, 2.05) is 30.3 Å². The lowest BCUT2D eigenvalue weighted by Crippen LogP contribution is -2.45.